The number of hydrogen-bond donors (Lipinski definition) is 0. The fraction of sp³-hybridized carbons (Fsp3) is 0.130. The van der Waals surface area contributed by atoms with E-state index < -0.39 is 11.9 Å². The molecule has 0 radical (unpaired) electrons. The molecule has 1 heterocycles. The number of carbonyl (C=O) groups is 2. The lowest BCUT2D eigenvalue weighted by Gasteiger charge is -2.23. The monoisotopic (exact) mass is 425 g/mol. The maximum atomic E-state index is 12.5. The molecule has 0 unspecified atom stereocenters. The number of benzene rings is 2. The summed E-state index contributed by atoms with van der Waals surface area (Å²) < 4.78 is 15.5. The van der Waals surface area contributed by atoms with Gasteiger partial charge in [-0.05, 0) is 54.1 Å². The van der Waals surface area contributed by atoms with Crippen LogP contribution in [-0.2, 0) is 25.7 Å². The summed E-state index contributed by atoms with van der Waals surface area (Å²) in [6.07, 6.45) is 6.54. The lowest BCUT2D eigenvalue weighted by atomic mass is 10.1. The highest BCUT2D eigenvalue weighted by Crippen LogP contribution is 2.28. The van der Waals surface area contributed by atoms with Gasteiger partial charge in [0, 0.05) is 16.9 Å². The van der Waals surface area contributed by atoms with E-state index in [0.717, 1.165) is 5.56 Å². The van der Waals surface area contributed by atoms with E-state index in [4.69, 9.17) is 25.8 Å². The van der Waals surface area contributed by atoms with Gasteiger partial charge in [-0.3, -0.25) is 0 Å². The van der Waals surface area contributed by atoms with E-state index >= 15 is 0 Å². The van der Waals surface area contributed by atoms with E-state index in [1.165, 1.54) is 20.3 Å². The summed E-state index contributed by atoms with van der Waals surface area (Å²) in [7, 11) is 2.52. The van der Waals surface area contributed by atoms with Crippen molar-refractivity contribution < 1.29 is 23.8 Å². The number of methoxy groups -OCH3 is 2. The zero-order valence-electron chi connectivity index (χ0n) is 16.5. The minimum Gasteiger partial charge on any atom is -0.489 e. The van der Waals surface area contributed by atoms with Crippen molar-refractivity contribution in [3.05, 3.63) is 94.8 Å². The second kappa shape index (κ2) is 9.80. The molecule has 7 heteroatoms. The van der Waals surface area contributed by atoms with Crippen LogP contribution in [0.5, 0.6) is 5.75 Å². The maximum absolute atomic E-state index is 12.5. The minimum absolute atomic E-state index is 0.0594. The van der Waals surface area contributed by atoms with E-state index in [1.54, 1.807) is 47.5 Å². The van der Waals surface area contributed by atoms with Gasteiger partial charge >= 0.3 is 11.9 Å². The van der Waals surface area contributed by atoms with Gasteiger partial charge in [0.1, 0.15) is 18.1 Å². The summed E-state index contributed by atoms with van der Waals surface area (Å²) in [6.45, 7) is 0.393. The Labute approximate surface area is 179 Å². The van der Waals surface area contributed by atoms with Gasteiger partial charge in [0.25, 0.3) is 0 Å². The Morgan fingerprint density at radius 2 is 1.57 bits per heavy atom. The van der Waals surface area contributed by atoms with Gasteiger partial charge in [-0.1, -0.05) is 29.8 Å². The molecule has 2 aromatic rings. The molecule has 0 amide bonds. The average molecular weight is 426 g/mol. The summed E-state index contributed by atoms with van der Waals surface area (Å²) in [5, 5.41) is 0.670. The van der Waals surface area contributed by atoms with Crippen molar-refractivity contribution >= 4 is 29.2 Å². The second-order valence-corrected chi connectivity index (χ2v) is 6.66. The third kappa shape index (κ3) is 4.90. The molecule has 0 aliphatic carbocycles. The quantitative estimate of drug-likeness (QED) is 0.639. The van der Waals surface area contributed by atoms with Gasteiger partial charge in [0.2, 0.25) is 0 Å². The standard InChI is InChI=1S/C23H20ClNO5/c1-28-22(26)20-5-3-4-14-25(21(20)23(27)29-2)18-10-12-19(13-11-18)30-15-16-6-8-17(24)9-7-16/h3-14H,15H2,1-2H3. The summed E-state index contributed by atoms with van der Waals surface area (Å²) >= 11 is 5.89. The van der Waals surface area contributed by atoms with Gasteiger partial charge in [0.05, 0.1) is 19.8 Å². The highest BCUT2D eigenvalue weighted by Gasteiger charge is 2.27. The van der Waals surface area contributed by atoms with Crippen LogP contribution >= 0.6 is 11.6 Å². The molecule has 2 aromatic carbocycles. The number of ether oxygens (including phenoxy) is 3. The number of carbonyl (C=O) groups excluding carboxylic acids is 2. The number of nitrogens with zero attached hydrogens (tertiary/aromatic N) is 1. The molecule has 0 saturated heterocycles. The van der Waals surface area contributed by atoms with Crippen molar-refractivity contribution in [2.45, 2.75) is 6.61 Å². The smallest absolute Gasteiger partial charge is 0.355 e. The summed E-state index contributed by atoms with van der Waals surface area (Å²) in [5.41, 5.74) is 1.79. The first-order valence-corrected chi connectivity index (χ1v) is 9.43. The number of rotatable bonds is 6. The summed E-state index contributed by atoms with van der Waals surface area (Å²) in [5.74, 6) is -0.639. The number of esters is 2. The van der Waals surface area contributed by atoms with E-state index in [2.05, 4.69) is 0 Å². The summed E-state index contributed by atoms with van der Waals surface area (Å²) in [6, 6.07) is 14.5. The molecule has 0 atom stereocenters. The highest BCUT2D eigenvalue weighted by atomic mass is 35.5. The molecule has 6 nitrogen and oxygen atoms in total. The molecule has 1 aliphatic heterocycles. The number of hydrogen-bond acceptors (Lipinski definition) is 6. The third-order valence-electron chi connectivity index (χ3n) is 4.32. The molecule has 0 saturated carbocycles. The molecular weight excluding hydrogens is 406 g/mol. The Bertz CT molecular complexity index is 1010. The molecular formula is C23H20ClNO5. The van der Waals surface area contributed by atoms with Crippen molar-refractivity contribution in [2.24, 2.45) is 0 Å². The van der Waals surface area contributed by atoms with Gasteiger partial charge < -0.3 is 19.1 Å². The Morgan fingerprint density at radius 3 is 2.20 bits per heavy atom. The molecule has 1 aliphatic rings. The molecule has 0 spiro atoms. The Balaban J connectivity index is 1.84. The van der Waals surface area contributed by atoms with Crippen molar-refractivity contribution in [3.8, 4) is 5.75 Å². The van der Waals surface area contributed by atoms with Crippen LogP contribution in [0, 0.1) is 0 Å². The normalized spacial score (nSPS) is 13.1. The first-order valence-electron chi connectivity index (χ1n) is 9.06. The molecule has 0 N–H and O–H groups in total. The van der Waals surface area contributed by atoms with Crippen molar-refractivity contribution in [3.63, 3.8) is 0 Å². The second-order valence-electron chi connectivity index (χ2n) is 6.23. The molecule has 154 valence electrons. The Hall–Kier alpha value is -3.51. The fourth-order valence-corrected chi connectivity index (χ4v) is 2.94. The maximum Gasteiger partial charge on any atom is 0.355 e. The minimum atomic E-state index is -0.658. The molecule has 3 rings (SSSR count). The van der Waals surface area contributed by atoms with Crippen LogP contribution in [0.2, 0.25) is 5.02 Å². The van der Waals surface area contributed by atoms with Gasteiger partial charge in [-0.25, -0.2) is 9.59 Å². The van der Waals surface area contributed by atoms with Crippen LogP contribution in [0.25, 0.3) is 0 Å². The van der Waals surface area contributed by atoms with E-state index in [0.29, 0.717) is 23.1 Å². The molecule has 0 aromatic heterocycles. The summed E-state index contributed by atoms with van der Waals surface area (Å²) in [4.78, 5) is 26.2. The molecule has 0 fully saturated rings. The van der Waals surface area contributed by atoms with E-state index in [9.17, 15) is 9.59 Å². The third-order valence-corrected chi connectivity index (χ3v) is 4.57. The topological polar surface area (TPSA) is 65.1 Å². The Morgan fingerprint density at radius 1 is 0.900 bits per heavy atom. The average Bonchev–Trinajstić information content (AvgIpc) is 3.01. The van der Waals surface area contributed by atoms with Gasteiger partial charge in [0.15, 0.2) is 0 Å². The number of anilines is 1. The largest absolute Gasteiger partial charge is 0.489 e. The molecule has 0 bridgehead atoms. The number of allylic oxidation sites excluding steroid dienone is 2. The zero-order chi connectivity index (χ0) is 21.5. The van der Waals surface area contributed by atoms with Crippen LogP contribution in [-0.4, -0.2) is 26.2 Å². The number of halogens is 1. The van der Waals surface area contributed by atoms with Crippen LogP contribution in [0.15, 0.2) is 84.2 Å². The predicted octanol–water partition coefficient (Wildman–Crippen LogP) is 4.41. The highest BCUT2D eigenvalue weighted by molar-refractivity contribution is 6.30. The van der Waals surface area contributed by atoms with Crippen LogP contribution in [0.1, 0.15) is 5.56 Å². The molecule has 30 heavy (non-hydrogen) atoms. The van der Waals surface area contributed by atoms with Crippen molar-refractivity contribution in [2.75, 3.05) is 19.1 Å². The lowest BCUT2D eigenvalue weighted by molar-refractivity contribution is -0.139. The fourth-order valence-electron chi connectivity index (χ4n) is 2.82. The lowest BCUT2D eigenvalue weighted by Crippen LogP contribution is -2.26. The van der Waals surface area contributed by atoms with E-state index in [-0.39, 0.29) is 11.3 Å². The van der Waals surface area contributed by atoms with Crippen LogP contribution < -0.4 is 9.64 Å². The Kier molecular flexibility index (Phi) is 6.93. The van der Waals surface area contributed by atoms with Crippen molar-refractivity contribution in [1.82, 2.24) is 0 Å². The van der Waals surface area contributed by atoms with Gasteiger partial charge in [-0.2, -0.15) is 0 Å². The zero-order valence-corrected chi connectivity index (χ0v) is 17.3. The first kappa shape index (κ1) is 21.2. The first-order chi connectivity index (χ1) is 14.5. The van der Waals surface area contributed by atoms with Crippen LogP contribution in [0.4, 0.5) is 5.69 Å². The SMILES string of the molecule is COC(=O)C1=C(C(=O)OC)N(c2ccc(OCc3ccc(Cl)cc3)cc2)C=CC=C1. The van der Waals surface area contributed by atoms with Crippen LogP contribution in [0.3, 0.4) is 0 Å². The van der Waals surface area contributed by atoms with Crippen molar-refractivity contribution in [1.29, 1.82) is 0 Å². The van der Waals surface area contributed by atoms with Gasteiger partial charge in [-0.15, -0.1) is 0 Å². The predicted molar refractivity (Wildman–Crippen MR) is 114 cm³/mol. The van der Waals surface area contributed by atoms with E-state index in [1.807, 2.05) is 24.3 Å².